The summed E-state index contributed by atoms with van der Waals surface area (Å²) in [6.45, 7) is 2.54. The molecule has 0 heterocycles. The third-order valence-corrected chi connectivity index (χ3v) is 1.46. The quantitative estimate of drug-likeness (QED) is 0.532. The summed E-state index contributed by atoms with van der Waals surface area (Å²) in [7, 11) is 0. The van der Waals surface area contributed by atoms with Crippen molar-refractivity contribution in [2.75, 3.05) is 6.61 Å². The molecule has 0 spiro atoms. The van der Waals surface area contributed by atoms with Gasteiger partial charge in [0.15, 0.2) is 0 Å². The van der Waals surface area contributed by atoms with Gasteiger partial charge in [-0.05, 0) is 32.1 Å². The lowest BCUT2D eigenvalue weighted by molar-refractivity contribution is 0.140. The van der Waals surface area contributed by atoms with E-state index in [0.29, 0.717) is 6.61 Å². The van der Waals surface area contributed by atoms with Gasteiger partial charge >= 0.3 is 6.09 Å². The van der Waals surface area contributed by atoms with E-state index in [-0.39, 0.29) is 0 Å². The molecule has 0 radical (unpaired) electrons. The summed E-state index contributed by atoms with van der Waals surface area (Å²) >= 11 is 7.28. The van der Waals surface area contributed by atoms with E-state index in [1.165, 1.54) is 0 Å². The van der Waals surface area contributed by atoms with Gasteiger partial charge in [-0.1, -0.05) is 19.8 Å². The molecule has 11 heavy (non-hydrogen) atoms. The highest BCUT2D eigenvalue weighted by molar-refractivity contribution is 7.94. The van der Waals surface area contributed by atoms with Crippen LogP contribution in [0.5, 0.6) is 0 Å². The van der Waals surface area contributed by atoms with Crippen LogP contribution in [0.15, 0.2) is 0 Å². The molecule has 0 N–H and O–H groups in total. The van der Waals surface area contributed by atoms with Crippen molar-refractivity contribution < 1.29 is 9.53 Å². The SMILES string of the molecule is CCCCCOC(=O)N(S)S. The first-order valence-corrected chi connectivity index (χ1v) is 4.33. The third kappa shape index (κ3) is 6.37. The molecular weight excluding hydrogens is 182 g/mol. The molecule has 0 fully saturated rings. The maximum Gasteiger partial charge on any atom is 0.429 e. The molecule has 0 aromatic heterocycles. The highest BCUT2D eigenvalue weighted by atomic mass is 32.2. The molecule has 0 atom stereocenters. The van der Waals surface area contributed by atoms with E-state index in [2.05, 4.69) is 32.6 Å². The lowest BCUT2D eigenvalue weighted by atomic mass is 10.3. The second-order valence-corrected chi connectivity index (χ2v) is 3.23. The summed E-state index contributed by atoms with van der Waals surface area (Å²) in [5.74, 6) is 0. The van der Waals surface area contributed by atoms with Crippen LogP contribution in [0.1, 0.15) is 26.2 Å². The molecule has 1 amide bonds. The van der Waals surface area contributed by atoms with Crippen LogP contribution in [0.4, 0.5) is 4.79 Å². The largest absolute Gasteiger partial charge is 0.448 e. The van der Waals surface area contributed by atoms with Crippen molar-refractivity contribution >= 4 is 31.7 Å². The van der Waals surface area contributed by atoms with Crippen LogP contribution in [0, 0.1) is 0 Å². The Morgan fingerprint density at radius 3 is 2.55 bits per heavy atom. The molecule has 0 aliphatic heterocycles. The fraction of sp³-hybridized carbons (Fsp3) is 0.833. The van der Waals surface area contributed by atoms with Gasteiger partial charge in [-0.25, -0.2) is 4.79 Å². The Labute approximate surface area is 78.2 Å². The van der Waals surface area contributed by atoms with Crippen LogP contribution in [0.3, 0.4) is 0 Å². The second kappa shape index (κ2) is 6.67. The van der Waals surface area contributed by atoms with Crippen LogP contribution >= 0.6 is 25.6 Å². The van der Waals surface area contributed by atoms with Crippen LogP contribution in [0.2, 0.25) is 0 Å². The molecular formula is C6H13NO2S2. The van der Waals surface area contributed by atoms with E-state index in [1.54, 1.807) is 0 Å². The standard InChI is InChI=1S/C6H13NO2S2/c1-2-3-4-5-9-6(8)7(10)11/h10-11H,2-5H2,1H3. The maximum absolute atomic E-state index is 10.7. The lowest BCUT2D eigenvalue weighted by Gasteiger charge is -2.07. The van der Waals surface area contributed by atoms with E-state index < -0.39 is 6.09 Å². The minimum atomic E-state index is -0.521. The van der Waals surface area contributed by atoms with E-state index in [0.717, 1.165) is 23.0 Å². The Kier molecular flexibility index (Phi) is 6.65. The van der Waals surface area contributed by atoms with Crippen LogP contribution in [0.25, 0.3) is 0 Å². The van der Waals surface area contributed by atoms with Crippen LogP contribution < -0.4 is 0 Å². The van der Waals surface area contributed by atoms with Gasteiger partial charge in [-0.2, -0.15) is 3.71 Å². The summed E-state index contributed by atoms with van der Waals surface area (Å²) in [4.78, 5) is 10.7. The number of ether oxygens (including phenoxy) is 1. The van der Waals surface area contributed by atoms with Gasteiger partial charge < -0.3 is 4.74 Å². The van der Waals surface area contributed by atoms with E-state index in [1.807, 2.05) is 0 Å². The molecule has 0 rings (SSSR count). The molecule has 5 heteroatoms. The van der Waals surface area contributed by atoms with Gasteiger partial charge in [0.2, 0.25) is 0 Å². The molecule has 0 aromatic rings. The second-order valence-electron chi connectivity index (χ2n) is 2.11. The number of rotatable bonds is 4. The molecule has 0 aliphatic rings. The zero-order valence-corrected chi connectivity index (χ0v) is 8.28. The predicted octanol–water partition coefficient (Wildman–Crippen LogP) is 2.30. The minimum Gasteiger partial charge on any atom is -0.448 e. The number of amides is 1. The number of nitrogens with zero attached hydrogens (tertiary/aromatic N) is 1. The maximum atomic E-state index is 10.7. The van der Waals surface area contributed by atoms with Crippen molar-refractivity contribution in [3.63, 3.8) is 0 Å². The van der Waals surface area contributed by atoms with Gasteiger partial charge in [0.1, 0.15) is 0 Å². The number of carbonyl (C=O) groups excluding carboxylic acids is 1. The van der Waals surface area contributed by atoms with E-state index in [9.17, 15) is 4.79 Å². The zero-order valence-electron chi connectivity index (χ0n) is 6.49. The van der Waals surface area contributed by atoms with Crippen molar-refractivity contribution in [1.29, 1.82) is 0 Å². The summed E-state index contributed by atoms with van der Waals surface area (Å²) in [6.07, 6.45) is 2.57. The molecule has 0 bridgehead atoms. The number of hydrogen-bond acceptors (Lipinski definition) is 4. The Bertz CT molecular complexity index is 119. The summed E-state index contributed by atoms with van der Waals surface area (Å²) in [5.41, 5.74) is 0. The van der Waals surface area contributed by atoms with Gasteiger partial charge in [-0.3, -0.25) is 0 Å². The van der Waals surface area contributed by atoms with E-state index >= 15 is 0 Å². The van der Waals surface area contributed by atoms with Gasteiger partial charge in [0.25, 0.3) is 0 Å². The monoisotopic (exact) mass is 195 g/mol. The topological polar surface area (TPSA) is 29.5 Å². The summed E-state index contributed by atoms with van der Waals surface area (Å²) in [6, 6.07) is 0. The lowest BCUT2D eigenvalue weighted by Crippen LogP contribution is -2.13. The smallest absolute Gasteiger partial charge is 0.429 e. The molecule has 0 saturated carbocycles. The molecule has 0 aromatic carbocycles. The van der Waals surface area contributed by atoms with E-state index in [4.69, 9.17) is 4.74 Å². The van der Waals surface area contributed by atoms with Crippen LogP contribution in [-0.2, 0) is 4.74 Å². The normalized spacial score (nSPS) is 9.36. The van der Waals surface area contributed by atoms with Crippen molar-refractivity contribution in [3.8, 4) is 0 Å². The number of thiol groups is 2. The fourth-order valence-corrected chi connectivity index (χ4v) is 0.685. The van der Waals surface area contributed by atoms with Crippen molar-refractivity contribution in [3.05, 3.63) is 0 Å². The zero-order chi connectivity index (χ0) is 8.69. The number of hydrogen-bond donors (Lipinski definition) is 2. The van der Waals surface area contributed by atoms with Crippen molar-refractivity contribution in [1.82, 2.24) is 3.71 Å². The summed E-state index contributed by atoms with van der Waals surface area (Å²) < 4.78 is 5.57. The molecule has 66 valence electrons. The molecule has 0 unspecified atom stereocenters. The van der Waals surface area contributed by atoms with Crippen molar-refractivity contribution in [2.45, 2.75) is 26.2 Å². The molecule has 3 nitrogen and oxygen atoms in total. The van der Waals surface area contributed by atoms with Crippen molar-refractivity contribution in [2.24, 2.45) is 0 Å². The minimum absolute atomic E-state index is 0.449. The van der Waals surface area contributed by atoms with Gasteiger partial charge in [0, 0.05) is 0 Å². The number of carbonyl (C=O) groups is 1. The predicted molar refractivity (Wildman–Crippen MR) is 50.7 cm³/mol. The fourth-order valence-electron chi connectivity index (χ4n) is 0.569. The number of unbranched alkanes of at least 4 members (excludes halogenated alkanes) is 2. The van der Waals surface area contributed by atoms with Crippen LogP contribution in [-0.4, -0.2) is 16.4 Å². The Hall–Kier alpha value is -0.0300. The Balaban J connectivity index is 3.18. The Morgan fingerprint density at radius 2 is 2.09 bits per heavy atom. The molecule has 0 aliphatic carbocycles. The first-order valence-electron chi connectivity index (χ1n) is 3.53. The van der Waals surface area contributed by atoms with Gasteiger partial charge in [0.05, 0.1) is 6.61 Å². The highest BCUT2D eigenvalue weighted by Gasteiger charge is 2.04. The average Bonchev–Trinajstić information content (AvgIpc) is 1.97. The average molecular weight is 195 g/mol. The first-order chi connectivity index (χ1) is 5.18. The first kappa shape index (κ1) is 11.0. The summed E-state index contributed by atoms with van der Waals surface area (Å²) in [5, 5.41) is 0. The van der Waals surface area contributed by atoms with Gasteiger partial charge in [-0.15, -0.1) is 0 Å². The Morgan fingerprint density at radius 1 is 1.45 bits per heavy atom. The molecule has 0 saturated heterocycles. The third-order valence-electron chi connectivity index (χ3n) is 1.14. The highest BCUT2D eigenvalue weighted by Crippen LogP contribution is 2.02.